The van der Waals surface area contributed by atoms with Gasteiger partial charge in [0.05, 0.1) is 6.61 Å². The molecule has 0 bridgehead atoms. The van der Waals surface area contributed by atoms with E-state index in [0.29, 0.717) is 13.1 Å². The Labute approximate surface area is 150 Å². The monoisotopic (exact) mass is 337 g/mol. The number of hydrogen-bond acceptors (Lipinski definition) is 3. The number of ketones is 1. The third kappa shape index (κ3) is 3.83. The average Bonchev–Trinajstić information content (AvgIpc) is 2.63. The molecule has 0 aliphatic carbocycles. The van der Waals surface area contributed by atoms with Crippen LogP contribution >= 0.6 is 0 Å². The lowest BCUT2D eigenvalue weighted by molar-refractivity contribution is 0.0747. The van der Waals surface area contributed by atoms with E-state index in [1.165, 1.54) is 16.7 Å². The zero-order chi connectivity index (χ0) is 17.8. The minimum absolute atomic E-state index is 0.0671. The molecule has 2 atom stereocenters. The molecule has 2 aromatic carbocycles. The van der Waals surface area contributed by atoms with Gasteiger partial charge in [0.25, 0.3) is 0 Å². The number of carbonyl (C=O) groups is 1. The van der Waals surface area contributed by atoms with Crippen molar-refractivity contribution in [1.82, 2.24) is 4.90 Å². The molecule has 132 valence electrons. The van der Waals surface area contributed by atoms with Crippen molar-refractivity contribution in [2.75, 3.05) is 26.2 Å². The van der Waals surface area contributed by atoms with Gasteiger partial charge >= 0.3 is 0 Å². The van der Waals surface area contributed by atoms with E-state index in [2.05, 4.69) is 36.9 Å². The maximum atomic E-state index is 13.3. The average molecular weight is 337 g/mol. The number of aliphatic hydroxyl groups is 1. The highest BCUT2D eigenvalue weighted by molar-refractivity contribution is 5.98. The third-order valence-corrected chi connectivity index (χ3v) is 5.42. The highest BCUT2D eigenvalue weighted by Crippen LogP contribution is 2.38. The van der Waals surface area contributed by atoms with Crippen LogP contribution in [0, 0.1) is 19.8 Å². The molecule has 25 heavy (non-hydrogen) atoms. The first-order chi connectivity index (χ1) is 12.1. The first-order valence-electron chi connectivity index (χ1n) is 9.10. The van der Waals surface area contributed by atoms with Gasteiger partial charge in [0.1, 0.15) is 0 Å². The van der Waals surface area contributed by atoms with Gasteiger partial charge in [-0.2, -0.15) is 0 Å². The summed E-state index contributed by atoms with van der Waals surface area (Å²) < 4.78 is 0. The van der Waals surface area contributed by atoms with E-state index >= 15 is 0 Å². The van der Waals surface area contributed by atoms with Crippen LogP contribution in [-0.4, -0.2) is 42.0 Å². The Morgan fingerprint density at radius 2 is 1.76 bits per heavy atom. The van der Waals surface area contributed by atoms with Crippen LogP contribution in [0.3, 0.4) is 0 Å². The highest BCUT2D eigenvalue weighted by atomic mass is 16.3. The molecule has 1 saturated heterocycles. The normalized spacial score (nSPS) is 21.2. The van der Waals surface area contributed by atoms with Crippen molar-refractivity contribution in [3.63, 3.8) is 0 Å². The molecule has 1 aliphatic heterocycles. The number of rotatable bonds is 5. The first kappa shape index (κ1) is 17.8. The fourth-order valence-corrected chi connectivity index (χ4v) is 4.20. The zero-order valence-corrected chi connectivity index (χ0v) is 15.1. The minimum Gasteiger partial charge on any atom is -0.395 e. The van der Waals surface area contributed by atoms with Crippen LogP contribution in [0.15, 0.2) is 48.5 Å². The third-order valence-electron chi connectivity index (χ3n) is 5.42. The van der Waals surface area contributed by atoms with Crippen LogP contribution in [-0.2, 0) is 0 Å². The summed E-state index contributed by atoms with van der Waals surface area (Å²) in [5.41, 5.74) is 4.66. The van der Waals surface area contributed by atoms with Crippen LogP contribution in [0.1, 0.15) is 39.4 Å². The second-order valence-electron chi connectivity index (χ2n) is 7.06. The van der Waals surface area contributed by atoms with Gasteiger partial charge in [-0.25, -0.2) is 0 Å². The fraction of sp³-hybridized carbons (Fsp3) is 0.409. The lowest BCUT2D eigenvalue weighted by atomic mass is 9.74. The lowest BCUT2D eigenvalue weighted by Crippen LogP contribution is -2.44. The number of likely N-dealkylation sites (tertiary alicyclic amines) is 1. The number of aliphatic hydroxyl groups excluding tert-OH is 1. The molecule has 1 aliphatic rings. The van der Waals surface area contributed by atoms with E-state index in [4.69, 9.17) is 0 Å². The summed E-state index contributed by atoms with van der Waals surface area (Å²) in [5.74, 6) is 0.391. The lowest BCUT2D eigenvalue weighted by Gasteiger charge is -2.39. The van der Waals surface area contributed by atoms with Crippen molar-refractivity contribution < 1.29 is 9.90 Å². The molecule has 3 heteroatoms. The molecule has 0 amide bonds. The quantitative estimate of drug-likeness (QED) is 0.848. The van der Waals surface area contributed by atoms with Gasteiger partial charge in [-0.1, -0.05) is 48.5 Å². The van der Waals surface area contributed by atoms with Gasteiger partial charge in [0.2, 0.25) is 0 Å². The molecule has 2 aromatic rings. The Morgan fingerprint density at radius 1 is 1.08 bits per heavy atom. The predicted molar refractivity (Wildman–Crippen MR) is 101 cm³/mol. The number of carbonyl (C=O) groups excluding carboxylic acids is 1. The molecule has 1 fully saturated rings. The Hall–Kier alpha value is -1.97. The first-order valence-corrected chi connectivity index (χ1v) is 9.10. The Bertz CT molecular complexity index is 706. The second-order valence-corrected chi connectivity index (χ2v) is 7.06. The molecule has 0 saturated carbocycles. The Morgan fingerprint density at radius 3 is 2.40 bits per heavy atom. The molecule has 0 spiro atoms. The molecule has 0 unspecified atom stereocenters. The van der Waals surface area contributed by atoms with E-state index < -0.39 is 0 Å². The van der Waals surface area contributed by atoms with Crippen LogP contribution in [0.4, 0.5) is 0 Å². The van der Waals surface area contributed by atoms with Crippen molar-refractivity contribution in [1.29, 1.82) is 0 Å². The zero-order valence-electron chi connectivity index (χ0n) is 15.1. The standard InChI is InChI=1S/C22H27NO2/c1-16-7-6-8-17(2)21(16)19-11-12-23(13-14-24)15-20(19)22(25)18-9-4-3-5-10-18/h3-10,19-20,24H,11-15H2,1-2H3/t19-,20-/m0/s1. The number of piperidine rings is 1. The van der Waals surface area contributed by atoms with Gasteiger partial charge in [-0.15, -0.1) is 0 Å². The van der Waals surface area contributed by atoms with Crippen molar-refractivity contribution in [3.8, 4) is 0 Å². The number of β-amino-alcohol motifs (C(OH)–C–C–N with tert-alkyl or cyclic N) is 1. The summed E-state index contributed by atoms with van der Waals surface area (Å²) in [4.78, 5) is 15.5. The van der Waals surface area contributed by atoms with Crippen LogP contribution in [0.2, 0.25) is 0 Å². The minimum atomic E-state index is -0.0671. The smallest absolute Gasteiger partial charge is 0.167 e. The number of hydrogen-bond donors (Lipinski definition) is 1. The molecular weight excluding hydrogens is 310 g/mol. The molecule has 0 aromatic heterocycles. The maximum absolute atomic E-state index is 13.3. The molecule has 1 N–H and O–H groups in total. The molecular formula is C22H27NO2. The van der Waals surface area contributed by atoms with Gasteiger partial charge in [0, 0.05) is 24.6 Å². The number of benzene rings is 2. The summed E-state index contributed by atoms with van der Waals surface area (Å²) in [6, 6.07) is 16.0. The van der Waals surface area contributed by atoms with E-state index in [1.807, 2.05) is 30.3 Å². The summed E-state index contributed by atoms with van der Waals surface area (Å²) in [7, 11) is 0. The van der Waals surface area contributed by atoms with Gasteiger partial charge in [-0.3, -0.25) is 4.79 Å². The predicted octanol–water partition coefficient (Wildman–Crippen LogP) is 3.58. The molecule has 1 heterocycles. The molecule has 3 nitrogen and oxygen atoms in total. The van der Waals surface area contributed by atoms with Crippen LogP contribution < -0.4 is 0 Å². The van der Waals surface area contributed by atoms with Crippen LogP contribution in [0.5, 0.6) is 0 Å². The fourth-order valence-electron chi connectivity index (χ4n) is 4.20. The second kappa shape index (κ2) is 7.94. The largest absolute Gasteiger partial charge is 0.395 e. The summed E-state index contributed by atoms with van der Waals surface area (Å²) in [6.07, 6.45) is 0.953. The number of nitrogens with zero attached hydrogens (tertiary/aromatic N) is 1. The number of aryl methyl sites for hydroxylation is 2. The van der Waals surface area contributed by atoms with Gasteiger partial charge in [0.15, 0.2) is 5.78 Å². The van der Waals surface area contributed by atoms with Crippen LogP contribution in [0.25, 0.3) is 0 Å². The van der Waals surface area contributed by atoms with E-state index in [0.717, 1.165) is 18.5 Å². The van der Waals surface area contributed by atoms with Crippen molar-refractivity contribution in [2.45, 2.75) is 26.2 Å². The molecule has 0 radical (unpaired) electrons. The van der Waals surface area contributed by atoms with Gasteiger partial charge in [-0.05, 0) is 49.4 Å². The van der Waals surface area contributed by atoms with Crippen molar-refractivity contribution in [2.24, 2.45) is 5.92 Å². The highest BCUT2D eigenvalue weighted by Gasteiger charge is 2.36. The number of Topliss-reactive ketones (excluding diaryl/α,β-unsaturated/α-hetero) is 1. The van der Waals surface area contributed by atoms with Crippen molar-refractivity contribution in [3.05, 3.63) is 70.8 Å². The van der Waals surface area contributed by atoms with Gasteiger partial charge < -0.3 is 10.0 Å². The van der Waals surface area contributed by atoms with E-state index in [9.17, 15) is 9.90 Å². The maximum Gasteiger partial charge on any atom is 0.167 e. The Balaban J connectivity index is 1.96. The summed E-state index contributed by atoms with van der Waals surface area (Å²) >= 11 is 0. The summed E-state index contributed by atoms with van der Waals surface area (Å²) in [6.45, 7) is 6.71. The van der Waals surface area contributed by atoms with E-state index in [1.54, 1.807) is 0 Å². The topological polar surface area (TPSA) is 40.5 Å². The van der Waals surface area contributed by atoms with E-state index in [-0.39, 0.29) is 24.2 Å². The van der Waals surface area contributed by atoms with Crippen molar-refractivity contribution >= 4 is 5.78 Å². The Kier molecular flexibility index (Phi) is 5.67. The summed E-state index contributed by atoms with van der Waals surface area (Å²) in [5, 5.41) is 9.30. The SMILES string of the molecule is Cc1cccc(C)c1[C@H]1CCN(CCO)C[C@@H]1C(=O)c1ccccc1. The molecule has 3 rings (SSSR count).